The summed E-state index contributed by atoms with van der Waals surface area (Å²) < 4.78 is 3.85. The number of likely N-dealkylation sites (tertiary alicyclic amines) is 1. The fourth-order valence-electron chi connectivity index (χ4n) is 1.20. The predicted molar refractivity (Wildman–Crippen MR) is 48.2 cm³/mol. The molecule has 8 nitrogen and oxygen atoms in total. The van der Waals surface area contributed by atoms with Crippen molar-refractivity contribution < 1.29 is 29.0 Å². The summed E-state index contributed by atoms with van der Waals surface area (Å²) in [6.07, 6.45) is -2.66. The van der Waals surface area contributed by atoms with Gasteiger partial charge in [0, 0.05) is 19.9 Å². The van der Waals surface area contributed by atoms with Gasteiger partial charge in [0.25, 0.3) is 0 Å². The van der Waals surface area contributed by atoms with Crippen LogP contribution in [0, 0.1) is 0 Å². The van der Waals surface area contributed by atoms with Crippen LogP contribution in [-0.2, 0) is 14.3 Å². The molecule has 1 saturated heterocycles. The van der Waals surface area contributed by atoms with Crippen LogP contribution in [0.3, 0.4) is 0 Å². The Morgan fingerprint density at radius 3 is 2.31 bits per heavy atom. The number of hydrogen-bond acceptors (Lipinski definition) is 5. The highest BCUT2D eigenvalue weighted by Gasteiger charge is 2.31. The van der Waals surface area contributed by atoms with Gasteiger partial charge in [0.15, 0.2) is 0 Å². The number of imide groups is 1. The molecule has 0 atom stereocenters. The second kappa shape index (κ2) is 4.60. The first-order chi connectivity index (χ1) is 7.41. The molecule has 1 rings (SSSR count). The van der Waals surface area contributed by atoms with Gasteiger partial charge in [-0.1, -0.05) is 0 Å². The fourth-order valence-corrected chi connectivity index (χ4v) is 1.20. The Balaban J connectivity index is 2.53. The quantitative estimate of drug-likeness (QED) is 0.401. The number of ether oxygens (including phenoxy) is 1. The van der Waals surface area contributed by atoms with E-state index in [9.17, 15) is 19.2 Å². The first kappa shape index (κ1) is 12.0. The largest absolute Gasteiger partial charge is 0.514 e. The van der Waals surface area contributed by atoms with E-state index in [1.54, 1.807) is 0 Å². The molecule has 0 bridgehead atoms. The van der Waals surface area contributed by atoms with Crippen molar-refractivity contribution in [2.75, 3.05) is 13.7 Å². The van der Waals surface area contributed by atoms with E-state index in [0.717, 1.165) is 9.80 Å². The number of amides is 3. The average molecular weight is 230 g/mol. The zero-order chi connectivity index (χ0) is 12.3. The average Bonchev–Trinajstić information content (AvgIpc) is 2.48. The lowest BCUT2D eigenvalue weighted by Crippen LogP contribution is -2.42. The first-order valence-electron chi connectivity index (χ1n) is 4.41. The zero-order valence-corrected chi connectivity index (χ0v) is 8.50. The van der Waals surface area contributed by atoms with E-state index in [1.807, 2.05) is 0 Å². The van der Waals surface area contributed by atoms with Gasteiger partial charge >= 0.3 is 12.2 Å². The van der Waals surface area contributed by atoms with Crippen molar-refractivity contribution in [1.82, 2.24) is 9.80 Å². The molecule has 0 unspecified atom stereocenters. The standard InChI is InChI=1S/C8H10N2O6/c1-9(7(13)16-8(14)15)4-10-5(11)2-3-6(10)12/h2-4H2,1H3,(H,14,15). The molecule has 0 aliphatic carbocycles. The Morgan fingerprint density at radius 1 is 1.38 bits per heavy atom. The summed E-state index contributed by atoms with van der Waals surface area (Å²) in [6, 6.07) is 0. The Hall–Kier alpha value is -2.12. The minimum Gasteiger partial charge on any atom is -0.449 e. The summed E-state index contributed by atoms with van der Waals surface area (Å²) in [5, 5.41) is 8.18. The molecule has 1 fully saturated rings. The Morgan fingerprint density at radius 2 is 1.88 bits per heavy atom. The van der Waals surface area contributed by atoms with E-state index < -0.39 is 12.2 Å². The molecule has 1 aliphatic heterocycles. The molecule has 1 N–H and O–H groups in total. The van der Waals surface area contributed by atoms with E-state index in [1.165, 1.54) is 7.05 Å². The van der Waals surface area contributed by atoms with Crippen LogP contribution in [0.25, 0.3) is 0 Å². The van der Waals surface area contributed by atoms with E-state index in [2.05, 4.69) is 4.74 Å². The molecule has 0 saturated carbocycles. The number of nitrogens with zero attached hydrogens (tertiary/aromatic N) is 2. The molecule has 16 heavy (non-hydrogen) atoms. The molecule has 0 aromatic heterocycles. The van der Waals surface area contributed by atoms with E-state index in [0.29, 0.717) is 0 Å². The third kappa shape index (κ3) is 2.69. The van der Waals surface area contributed by atoms with Crippen LogP contribution in [0.5, 0.6) is 0 Å². The maximum absolute atomic E-state index is 11.2. The molecule has 1 heterocycles. The van der Waals surface area contributed by atoms with Gasteiger partial charge in [0.05, 0.1) is 0 Å². The van der Waals surface area contributed by atoms with Gasteiger partial charge in [-0.15, -0.1) is 0 Å². The normalized spacial score (nSPS) is 15.2. The van der Waals surface area contributed by atoms with Crippen LogP contribution in [0.4, 0.5) is 9.59 Å². The van der Waals surface area contributed by atoms with Gasteiger partial charge in [-0.3, -0.25) is 19.4 Å². The summed E-state index contributed by atoms with van der Waals surface area (Å²) in [4.78, 5) is 45.1. The van der Waals surface area contributed by atoms with Crippen molar-refractivity contribution in [1.29, 1.82) is 0 Å². The van der Waals surface area contributed by atoms with Gasteiger partial charge in [0.1, 0.15) is 6.67 Å². The summed E-state index contributed by atoms with van der Waals surface area (Å²) in [5.74, 6) is -0.778. The van der Waals surface area contributed by atoms with Crippen LogP contribution >= 0.6 is 0 Å². The summed E-state index contributed by atoms with van der Waals surface area (Å²) in [5.41, 5.74) is 0. The van der Waals surface area contributed by atoms with Gasteiger partial charge in [-0.2, -0.15) is 0 Å². The zero-order valence-electron chi connectivity index (χ0n) is 8.50. The van der Waals surface area contributed by atoms with Crippen molar-refractivity contribution in [2.45, 2.75) is 12.8 Å². The Labute approximate surface area is 90.4 Å². The van der Waals surface area contributed by atoms with Crippen molar-refractivity contribution in [3.63, 3.8) is 0 Å². The molecule has 3 amide bonds. The van der Waals surface area contributed by atoms with Gasteiger partial charge < -0.3 is 9.84 Å². The molecule has 0 aromatic rings. The van der Waals surface area contributed by atoms with Crippen molar-refractivity contribution in [2.24, 2.45) is 0 Å². The highest BCUT2D eigenvalue weighted by Crippen LogP contribution is 2.11. The van der Waals surface area contributed by atoms with Crippen LogP contribution < -0.4 is 0 Å². The van der Waals surface area contributed by atoms with Crippen LogP contribution in [0.1, 0.15) is 12.8 Å². The van der Waals surface area contributed by atoms with Crippen LogP contribution in [0.15, 0.2) is 0 Å². The van der Waals surface area contributed by atoms with Gasteiger partial charge in [-0.05, 0) is 0 Å². The number of rotatable bonds is 2. The molecular weight excluding hydrogens is 220 g/mol. The second-order valence-electron chi connectivity index (χ2n) is 3.19. The van der Waals surface area contributed by atoms with Crippen molar-refractivity contribution >= 4 is 24.1 Å². The van der Waals surface area contributed by atoms with E-state index in [-0.39, 0.29) is 31.3 Å². The van der Waals surface area contributed by atoms with E-state index in [4.69, 9.17) is 5.11 Å². The van der Waals surface area contributed by atoms with Crippen LogP contribution in [0.2, 0.25) is 0 Å². The van der Waals surface area contributed by atoms with Crippen molar-refractivity contribution in [3.8, 4) is 0 Å². The minimum absolute atomic E-state index is 0.112. The second-order valence-corrected chi connectivity index (χ2v) is 3.19. The third-order valence-corrected chi connectivity index (χ3v) is 1.99. The third-order valence-electron chi connectivity index (χ3n) is 1.99. The number of carboxylic acid groups (broad SMARTS) is 1. The minimum atomic E-state index is -1.74. The Bertz CT molecular complexity index is 336. The van der Waals surface area contributed by atoms with E-state index >= 15 is 0 Å². The molecule has 0 aromatic carbocycles. The summed E-state index contributed by atoms with van der Waals surface area (Å²) in [6.45, 7) is -0.302. The summed E-state index contributed by atoms with van der Waals surface area (Å²) >= 11 is 0. The van der Waals surface area contributed by atoms with Gasteiger partial charge in [-0.25, -0.2) is 9.59 Å². The topological polar surface area (TPSA) is 104 Å². The molecule has 88 valence electrons. The lowest BCUT2D eigenvalue weighted by molar-refractivity contribution is -0.140. The van der Waals surface area contributed by atoms with Crippen molar-refractivity contribution in [3.05, 3.63) is 0 Å². The number of carbonyl (C=O) groups excluding carboxylic acids is 3. The maximum atomic E-state index is 11.2. The highest BCUT2D eigenvalue weighted by molar-refractivity contribution is 6.02. The smallest absolute Gasteiger partial charge is 0.449 e. The molecule has 0 radical (unpaired) electrons. The number of carbonyl (C=O) groups is 4. The molecule has 8 heteroatoms. The monoisotopic (exact) mass is 230 g/mol. The molecule has 0 spiro atoms. The highest BCUT2D eigenvalue weighted by atomic mass is 16.7. The SMILES string of the molecule is CN(CN1C(=O)CCC1=O)C(=O)OC(=O)O. The molecular formula is C8H10N2O6. The lowest BCUT2D eigenvalue weighted by atomic mass is 10.4. The first-order valence-corrected chi connectivity index (χ1v) is 4.41. The maximum Gasteiger partial charge on any atom is 0.514 e. The molecule has 1 aliphatic rings. The fraction of sp³-hybridized carbons (Fsp3) is 0.500. The van der Waals surface area contributed by atoms with Gasteiger partial charge in [0.2, 0.25) is 11.8 Å². The number of hydrogen-bond donors (Lipinski definition) is 1. The lowest BCUT2D eigenvalue weighted by Gasteiger charge is -2.21. The predicted octanol–water partition coefficient (Wildman–Crippen LogP) is -0.161. The Kier molecular flexibility index (Phi) is 3.44. The summed E-state index contributed by atoms with van der Waals surface area (Å²) in [7, 11) is 1.23. The van der Waals surface area contributed by atoms with Crippen LogP contribution in [-0.4, -0.2) is 52.7 Å².